The Hall–Kier alpha value is -2.15. The second kappa shape index (κ2) is 9.72. The van der Waals surface area contributed by atoms with Gasteiger partial charge in [0.2, 0.25) is 0 Å². The Morgan fingerprint density at radius 2 is 1.94 bits per heavy atom. The summed E-state index contributed by atoms with van der Waals surface area (Å²) in [7, 11) is 0. The van der Waals surface area contributed by atoms with E-state index in [0.717, 1.165) is 42.8 Å². The van der Waals surface area contributed by atoms with E-state index in [1.165, 1.54) is 10.9 Å². The summed E-state index contributed by atoms with van der Waals surface area (Å²) < 4.78 is 33.5. The molecule has 2 aliphatic rings. The predicted octanol–water partition coefficient (Wildman–Crippen LogP) is 6.19. The lowest BCUT2D eigenvalue weighted by molar-refractivity contribution is 0.0661. The molecule has 1 fully saturated rings. The van der Waals surface area contributed by atoms with Crippen molar-refractivity contribution in [2.75, 3.05) is 39.5 Å². The van der Waals surface area contributed by atoms with Crippen LogP contribution in [0.3, 0.4) is 0 Å². The molecule has 1 aromatic heterocycles. The highest BCUT2D eigenvalue weighted by atomic mass is 35.5. The van der Waals surface area contributed by atoms with Crippen LogP contribution < -0.4 is 4.74 Å². The monoisotopic (exact) mass is 501 g/mol. The number of para-hydroxylation sites is 1. The van der Waals surface area contributed by atoms with E-state index in [0.29, 0.717) is 23.9 Å². The maximum Gasteiger partial charge on any atom is 0.120 e. The Balaban J connectivity index is 1.42. The first-order valence-corrected chi connectivity index (χ1v) is 12.9. The molecule has 0 bridgehead atoms. The van der Waals surface area contributed by atoms with Crippen molar-refractivity contribution in [3.63, 3.8) is 0 Å². The molecule has 2 atom stereocenters. The van der Waals surface area contributed by atoms with Crippen molar-refractivity contribution in [1.82, 2.24) is 14.8 Å². The molecule has 0 amide bonds. The van der Waals surface area contributed by atoms with Gasteiger partial charge in [0, 0.05) is 59.8 Å². The molecule has 0 unspecified atom stereocenters. The fourth-order valence-corrected chi connectivity index (χ4v) is 5.87. The van der Waals surface area contributed by atoms with E-state index in [1.807, 2.05) is 24.3 Å². The molecule has 0 spiro atoms. The standard InChI is InChI=1S/C28H34ClF2N3O/c1-18-12-23-21-6-4-5-7-25(21)32-26(23)27(34(18)17-28(2,3)31)22-9-8-20(13-24(22)29)35-11-10-33-15-19(14-30)16-33/h4-9,13,18-19,27,32H,10-12,14-17H2,1-3H3/t18-,27-/m1/s1. The van der Waals surface area contributed by atoms with Crippen molar-refractivity contribution in [3.8, 4) is 5.75 Å². The minimum atomic E-state index is -1.34. The van der Waals surface area contributed by atoms with Crippen LogP contribution >= 0.6 is 11.6 Å². The Labute approximate surface area is 211 Å². The van der Waals surface area contributed by atoms with Gasteiger partial charge in [0.1, 0.15) is 18.0 Å². The molecule has 188 valence electrons. The Morgan fingerprint density at radius 1 is 1.17 bits per heavy atom. The first kappa shape index (κ1) is 24.5. The van der Waals surface area contributed by atoms with Gasteiger partial charge in [-0.15, -0.1) is 0 Å². The second-order valence-corrected chi connectivity index (χ2v) is 11.1. The Morgan fingerprint density at radius 3 is 2.66 bits per heavy atom. The molecular weight excluding hydrogens is 468 g/mol. The van der Waals surface area contributed by atoms with E-state index in [4.69, 9.17) is 16.3 Å². The molecule has 3 heterocycles. The molecular formula is C28H34ClF2N3O. The largest absolute Gasteiger partial charge is 0.492 e. The van der Waals surface area contributed by atoms with Gasteiger partial charge < -0.3 is 9.72 Å². The van der Waals surface area contributed by atoms with Gasteiger partial charge >= 0.3 is 0 Å². The number of fused-ring (bicyclic) bond motifs is 3. The zero-order chi connectivity index (χ0) is 24.7. The number of nitrogens with zero attached hydrogens (tertiary/aromatic N) is 2. The maximum atomic E-state index is 14.9. The molecule has 0 aliphatic carbocycles. The number of hydrogen-bond acceptors (Lipinski definition) is 3. The average molecular weight is 502 g/mol. The smallest absolute Gasteiger partial charge is 0.120 e. The second-order valence-electron chi connectivity index (χ2n) is 10.7. The van der Waals surface area contributed by atoms with E-state index >= 15 is 0 Å². The topological polar surface area (TPSA) is 31.5 Å². The van der Waals surface area contributed by atoms with Crippen LogP contribution in [0.15, 0.2) is 42.5 Å². The third kappa shape index (κ3) is 5.07. The van der Waals surface area contributed by atoms with Crippen molar-refractivity contribution in [3.05, 3.63) is 64.3 Å². The van der Waals surface area contributed by atoms with Gasteiger partial charge in [0.05, 0.1) is 12.7 Å². The van der Waals surface area contributed by atoms with Gasteiger partial charge in [0.25, 0.3) is 0 Å². The molecule has 0 saturated carbocycles. The minimum absolute atomic E-state index is 0.151. The molecule has 0 radical (unpaired) electrons. The van der Waals surface area contributed by atoms with Crippen LogP contribution in [0.5, 0.6) is 5.75 Å². The van der Waals surface area contributed by atoms with Crippen LogP contribution in [0.4, 0.5) is 8.78 Å². The molecule has 5 rings (SSSR count). The van der Waals surface area contributed by atoms with Gasteiger partial charge in [-0.3, -0.25) is 14.2 Å². The molecule has 1 N–H and O–H groups in total. The van der Waals surface area contributed by atoms with Gasteiger partial charge in [-0.1, -0.05) is 35.9 Å². The van der Waals surface area contributed by atoms with Crippen LogP contribution in [-0.2, 0) is 6.42 Å². The minimum Gasteiger partial charge on any atom is -0.492 e. The summed E-state index contributed by atoms with van der Waals surface area (Å²) in [4.78, 5) is 8.04. The highest BCUT2D eigenvalue weighted by molar-refractivity contribution is 6.31. The number of aromatic amines is 1. The number of aromatic nitrogens is 1. The molecule has 3 aromatic rings. The molecule has 2 aromatic carbocycles. The normalized spacial score (nSPS) is 21.8. The molecule has 1 saturated heterocycles. The summed E-state index contributed by atoms with van der Waals surface area (Å²) in [6.07, 6.45) is 0.852. The average Bonchev–Trinajstić information content (AvgIpc) is 3.13. The van der Waals surface area contributed by atoms with E-state index in [-0.39, 0.29) is 24.7 Å². The summed E-state index contributed by atoms with van der Waals surface area (Å²) in [6.45, 7) is 8.38. The third-order valence-electron chi connectivity index (χ3n) is 7.27. The summed E-state index contributed by atoms with van der Waals surface area (Å²) in [5, 5.41) is 1.82. The zero-order valence-corrected chi connectivity index (χ0v) is 21.4. The molecule has 2 aliphatic heterocycles. The Bertz CT molecular complexity index is 1180. The summed E-state index contributed by atoms with van der Waals surface area (Å²) in [6, 6.07) is 14.1. The van der Waals surface area contributed by atoms with Crippen molar-refractivity contribution in [2.24, 2.45) is 5.92 Å². The van der Waals surface area contributed by atoms with Crippen LogP contribution in [0.1, 0.15) is 43.6 Å². The van der Waals surface area contributed by atoms with Crippen LogP contribution in [0.2, 0.25) is 5.02 Å². The third-order valence-corrected chi connectivity index (χ3v) is 7.60. The number of alkyl halides is 2. The van der Waals surface area contributed by atoms with Crippen LogP contribution in [-0.4, -0.2) is 66.0 Å². The number of ether oxygens (including phenoxy) is 1. The lowest BCUT2D eigenvalue weighted by Gasteiger charge is -2.43. The number of nitrogens with one attached hydrogen (secondary N) is 1. The van der Waals surface area contributed by atoms with Crippen molar-refractivity contribution in [2.45, 2.75) is 44.9 Å². The van der Waals surface area contributed by atoms with E-state index < -0.39 is 5.67 Å². The summed E-state index contributed by atoms with van der Waals surface area (Å²) >= 11 is 6.86. The number of H-pyrrole nitrogens is 1. The first-order chi connectivity index (χ1) is 16.7. The Kier molecular flexibility index (Phi) is 6.81. The lowest BCUT2D eigenvalue weighted by atomic mass is 9.87. The number of rotatable bonds is 8. The maximum absolute atomic E-state index is 14.9. The van der Waals surface area contributed by atoms with Gasteiger partial charge in [0.15, 0.2) is 0 Å². The highest BCUT2D eigenvalue weighted by Crippen LogP contribution is 2.44. The van der Waals surface area contributed by atoms with Gasteiger partial charge in [-0.25, -0.2) is 4.39 Å². The van der Waals surface area contributed by atoms with Gasteiger partial charge in [-0.05, 0) is 56.5 Å². The molecule has 35 heavy (non-hydrogen) atoms. The quantitative estimate of drug-likeness (QED) is 0.399. The lowest BCUT2D eigenvalue weighted by Crippen LogP contribution is -2.49. The fourth-order valence-electron chi connectivity index (χ4n) is 5.59. The SMILES string of the molecule is C[C@@H]1Cc2c([nH]c3ccccc23)[C@@H](c2ccc(OCCN3CC(CF)C3)cc2Cl)N1CC(C)(C)F. The van der Waals surface area contributed by atoms with E-state index in [9.17, 15) is 8.78 Å². The van der Waals surface area contributed by atoms with Gasteiger partial charge in [-0.2, -0.15) is 0 Å². The van der Waals surface area contributed by atoms with Crippen LogP contribution in [0, 0.1) is 5.92 Å². The number of halogens is 3. The summed E-state index contributed by atoms with van der Waals surface area (Å²) in [5.74, 6) is 0.882. The van der Waals surface area contributed by atoms with Crippen molar-refractivity contribution < 1.29 is 13.5 Å². The number of benzene rings is 2. The van der Waals surface area contributed by atoms with Crippen molar-refractivity contribution >= 4 is 22.5 Å². The van der Waals surface area contributed by atoms with Crippen LogP contribution in [0.25, 0.3) is 10.9 Å². The fraction of sp³-hybridized carbons (Fsp3) is 0.500. The van der Waals surface area contributed by atoms with E-state index in [2.05, 4.69) is 39.9 Å². The van der Waals surface area contributed by atoms with E-state index in [1.54, 1.807) is 13.8 Å². The predicted molar refractivity (Wildman–Crippen MR) is 138 cm³/mol. The highest BCUT2D eigenvalue weighted by Gasteiger charge is 2.39. The zero-order valence-electron chi connectivity index (χ0n) is 20.7. The molecule has 4 nitrogen and oxygen atoms in total. The first-order valence-electron chi connectivity index (χ1n) is 12.5. The number of hydrogen-bond donors (Lipinski definition) is 1. The summed E-state index contributed by atoms with van der Waals surface area (Å²) in [5.41, 5.74) is 3.06. The van der Waals surface area contributed by atoms with Crippen molar-refractivity contribution in [1.29, 1.82) is 0 Å². The molecule has 7 heteroatoms. The number of likely N-dealkylation sites (tertiary alicyclic amines) is 1.